The first-order chi connectivity index (χ1) is 9.65. The molecule has 0 radical (unpaired) electrons. The summed E-state index contributed by atoms with van der Waals surface area (Å²) < 4.78 is 4.62. The molecule has 1 atom stereocenters. The number of nitrogens with zero attached hydrogens (tertiary/aromatic N) is 5. The van der Waals surface area contributed by atoms with Crippen molar-refractivity contribution in [2.24, 2.45) is 7.05 Å². The lowest BCUT2D eigenvalue weighted by atomic mass is 10.1. The van der Waals surface area contributed by atoms with Crippen molar-refractivity contribution in [3.63, 3.8) is 0 Å². The summed E-state index contributed by atoms with van der Waals surface area (Å²) in [5, 5.41) is 4.18. The van der Waals surface area contributed by atoms with Crippen molar-refractivity contribution in [3.8, 4) is 0 Å². The molecule has 0 spiro atoms. The van der Waals surface area contributed by atoms with Crippen LogP contribution in [0.1, 0.15) is 29.4 Å². The van der Waals surface area contributed by atoms with Gasteiger partial charge in [-0.25, -0.2) is 9.67 Å². The maximum absolute atomic E-state index is 12.6. The van der Waals surface area contributed by atoms with Crippen LogP contribution in [0.5, 0.6) is 0 Å². The van der Waals surface area contributed by atoms with E-state index in [4.69, 9.17) is 0 Å². The number of hydrogen-bond donors (Lipinski definition) is 0. The van der Waals surface area contributed by atoms with E-state index in [1.54, 1.807) is 6.33 Å². The molecule has 0 N–H and O–H groups in total. The summed E-state index contributed by atoms with van der Waals surface area (Å²) in [6.45, 7) is 1.48. The summed E-state index contributed by atoms with van der Waals surface area (Å²) in [6.07, 6.45) is 7.17. The van der Waals surface area contributed by atoms with E-state index in [-0.39, 0.29) is 11.9 Å². The molecule has 6 nitrogen and oxygen atoms in total. The molecule has 1 aliphatic rings. The third-order valence-corrected chi connectivity index (χ3v) is 4.12. The van der Waals surface area contributed by atoms with Crippen LogP contribution in [0.2, 0.25) is 0 Å². The number of piperidine rings is 1. The third-order valence-electron chi connectivity index (χ3n) is 3.69. The molecule has 0 aromatic carbocycles. The summed E-state index contributed by atoms with van der Waals surface area (Å²) in [6, 6.07) is 2.08. The summed E-state index contributed by atoms with van der Waals surface area (Å²) in [5.74, 6) is 0.0722. The van der Waals surface area contributed by atoms with Gasteiger partial charge in [0.25, 0.3) is 5.91 Å². The van der Waals surface area contributed by atoms with Crippen LogP contribution in [-0.2, 0) is 7.05 Å². The molecule has 0 aliphatic carbocycles. The van der Waals surface area contributed by atoms with Gasteiger partial charge in [-0.3, -0.25) is 4.79 Å². The highest BCUT2D eigenvalue weighted by Crippen LogP contribution is 2.23. The predicted molar refractivity (Wildman–Crippen MR) is 77.3 cm³/mol. The average molecular weight is 338 g/mol. The summed E-state index contributed by atoms with van der Waals surface area (Å²) in [7, 11) is 1.89. The van der Waals surface area contributed by atoms with Crippen molar-refractivity contribution in [2.45, 2.75) is 18.9 Å². The van der Waals surface area contributed by atoms with E-state index >= 15 is 0 Å². The Labute approximate surface area is 125 Å². The lowest BCUT2D eigenvalue weighted by molar-refractivity contribution is 0.0663. The van der Waals surface area contributed by atoms with Gasteiger partial charge in [0.15, 0.2) is 0 Å². The first kappa shape index (κ1) is 13.4. The molecule has 7 heteroatoms. The van der Waals surface area contributed by atoms with E-state index in [9.17, 15) is 4.79 Å². The molecule has 1 amide bonds. The molecule has 3 heterocycles. The molecule has 106 valence electrons. The van der Waals surface area contributed by atoms with Crippen LogP contribution in [-0.4, -0.2) is 43.2 Å². The lowest BCUT2D eigenvalue weighted by Gasteiger charge is -2.32. The van der Waals surface area contributed by atoms with E-state index in [0.717, 1.165) is 23.9 Å². The van der Waals surface area contributed by atoms with Crippen LogP contribution in [0.4, 0.5) is 0 Å². The zero-order chi connectivity index (χ0) is 14.1. The second-order valence-corrected chi connectivity index (χ2v) is 5.99. The number of carbonyl (C=O) groups excluding carboxylic acids is 1. The first-order valence-corrected chi connectivity index (χ1v) is 7.39. The number of aryl methyl sites for hydroxylation is 1. The highest BCUT2D eigenvalue weighted by Gasteiger charge is 2.27. The zero-order valence-corrected chi connectivity index (χ0v) is 12.8. The number of likely N-dealkylation sites (tertiary alicyclic amines) is 1. The zero-order valence-electron chi connectivity index (χ0n) is 11.2. The van der Waals surface area contributed by atoms with Crippen molar-refractivity contribution in [1.29, 1.82) is 0 Å². The van der Waals surface area contributed by atoms with E-state index in [0.29, 0.717) is 12.2 Å². The molecule has 2 aromatic heterocycles. The molecule has 0 saturated carbocycles. The van der Waals surface area contributed by atoms with Gasteiger partial charge in [0.2, 0.25) is 0 Å². The largest absolute Gasteiger partial charge is 0.345 e. The Morgan fingerprint density at radius 1 is 1.50 bits per heavy atom. The SMILES string of the molecule is Cn1cc(Br)cc1C(=O)N1CCC[C@H](n2cncn2)C1. The third kappa shape index (κ3) is 2.49. The fraction of sp³-hybridized carbons (Fsp3) is 0.462. The van der Waals surface area contributed by atoms with Gasteiger partial charge in [0.05, 0.1) is 6.04 Å². The van der Waals surface area contributed by atoms with Gasteiger partial charge in [0.1, 0.15) is 18.3 Å². The lowest BCUT2D eigenvalue weighted by Crippen LogP contribution is -2.41. The first-order valence-electron chi connectivity index (χ1n) is 6.60. The van der Waals surface area contributed by atoms with Gasteiger partial charge < -0.3 is 9.47 Å². The Hall–Kier alpha value is -1.63. The summed E-state index contributed by atoms with van der Waals surface area (Å²) in [5.41, 5.74) is 0.705. The highest BCUT2D eigenvalue weighted by molar-refractivity contribution is 9.10. The monoisotopic (exact) mass is 337 g/mol. The molecule has 3 rings (SSSR count). The highest BCUT2D eigenvalue weighted by atomic mass is 79.9. The van der Waals surface area contributed by atoms with Crippen molar-refractivity contribution in [3.05, 3.63) is 35.1 Å². The molecular weight excluding hydrogens is 322 g/mol. The molecule has 20 heavy (non-hydrogen) atoms. The summed E-state index contributed by atoms with van der Waals surface area (Å²) >= 11 is 3.40. The Morgan fingerprint density at radius 2 is 2.35 bits per heavy atom. The molecule has 0 bridgehead atoms. The fourth-order valence-corrected chi connectivity index (χ4v) is 3.18. The van der Waals surface area contributed by atoms with Crippen molar-refractivity contribution >= 4 is 21.8 Å². The maximum Gasteiger partial charge on any atom is 0.270 e. The smallest absolute Gasteiger partial charge is 0.270 e. The van der Waals surface area contributed by atoms with Crippen LogP contribution in [0.15, 0.2) is 29.4 Å². The standard InChI is InChI=1S/C13H16BrN5O/c1-17-6-10(14)5-12(17)13(20)18-4-2-3-11(7-18)19-9-15-8-16-19/h5-6,8-9,11H,2-4,7H2,1H3/t11-/m0/s1. The number of rotatable bonds is 2. The van der Waals surface area contributed by atoms with Crippen LogP contribution in [0.25, 0.3) is 0 Å². The minimum atomic E-state index is 0.0722. The van der Waals surface area contributed by atoms with Gasteiger partial charge in [-0.15, -0.1) is 0 Å². The number of hydrogen-bond acceptors (Lipinski definition) is 3. The van der Waals surface area contributed by atoms with Gasteiger partial charge in [-0.05, 0) is 34.8 Å². The van der Waals surface area contributed by atoms with E-state index in [1.165, 1.54) is 6.33 Å². The van der Waals surface area contributed by atoms with Crippen LogP contribution >= 0.6 is 15.9 Å². The topological polar surface area (TPSA) is 56.0 Å². The van der Waals surface area contributed by atoms with Crippen LogP contribution in [0, 0.1) is 0 Å². The minimum absolute atomic E-state index is 0.0722. The van der Waals surface area contributed by atoms with Gasteiger partial charge in [-0.1, -0.05) is 0 Å². The Kier molecular flexibility index (Phi) is 3.60. The van der Waals surface area contributed by atoms with E-state index in [2.05, 4.69) is 26.0 Å². The van der Waals surface area contributed by atoms with Gasteiger partial charge >= 0.3 is 0 Å². The number of halogens is 1. The fourth-order valence-electron chi connectivity index (χ4n) is 2.66. The molecule has 1 fully saturated rings. The average Bonchev–Trinajstić information content (AvgIpc) is 3.08. The molecular formula is C13H16BrN5O. The van der Waals surface area contributed by atoms with Crippen molar-refractivity contribution in [2.75, 3.05) is 13.1 Å². The Bertz CT molecular complexity index is 606. The number of amides is 1. The summed E-state index contributed by atoms with van der Waals surface area (Å²) in [4.78, 5) is 18.5. The second kappa shape index (κ2) is 5.40. The Balaban J connectivity index is 1.77. The van der Waals surface area contributed by atoms with E-state index in [1.807, 2.05) is 33.5 Å². The second-order valence-electron chi connectivity index (χ2n) is 5.08. The molecule has 1 aliphatic heterocycles. The molecule has 2 aromatic rings. The molecule has 0 unspecified atom stereocenters. The van der Waals surface area contributed by atoms with Crippen molar-refractivity contribution < 1.29 is 4.79 Å². The number of aromatic nitrogens is 4. The number of carbonyl (C=O) groups is 1. The minimum Gasteiger partial charge on any atom is -0.345 e. The quantitative estimate of drug-likeness (QED) is 0.840. The Morgan fingerprint density at radius 3 is 3.00 bits per heavy atom. The molecule has 1 saturated heterocycles. The normalized spacial score (nSPS) is 19.3. The predicted octanol–water partition coefficient (Wildman–Crippen LogP) is 1.86. The van der Waals surface area contributed by atoms with Crippen LogP contribution in [0.3, 0.4) is 0 Å². The van der Waals surface area contributed by atoms with Gasteiger partial charge in [0, 0.05) is 30.8 Å². The van der Waals surface area contributed by atoms with Gasteiger partial charge in [-0.2, -0.15) is 5.10 Å². The van der Waals surface area contributed by atoms with Crippen molar-refractivity contribution in [1.82, 2.24) is 24.2 Å². The maximum atomic E-state index is 12.6. The van der Waals surface area contributed by atoms with Crippen LogP contribution < -0.4 is 0 Å². The van der Waals surface area contributed by atoms with E-state index < -0.39 is 0 Å².